The second-order valence-corrected chi connectivity index (χ2v) is 4.96. The molecule has 16 heavy (non-hydrogen) atoms. The number of fused-ring (bicyclic) bond motifs is 1. The minimum absolute atomic E-state index is 0.0664. The molecule has 0 N–H and O–H groups in total. The maximum Gasteiger partial charge on any atom is 0.169 e. The topological polar surface area (TPSA) is 40.9 Å². The quantitative estimate of drug-likeness (QED) is 0.757. The highest BCUT2D eigenvalue weighted by Crippen LogP contribution is 2.40. The zero-order chi connectivity index (χ0) is 11.8. The Morgan fingerprint density at radius 2 is 2.19 bits per heavy atom. The fourth-order valence-electron chi connectivity index (χ4n) is 2.61. The van der Waals surface area contributed by atoms with E-state index in [0.717, 1.165) is 17.5 Å². The van der Waals surface area contributed by atoms with Crippen molar-refractivity contribution in [3.63, 3.8) is 0 Å². The minimum atomic E-state index is -0.376. The lowest BCUT2D eigenvalue weighted by atomic mass is 9.78. The molecule has 2 atom stereocenters. The first kappa shape index (κ1) is 10.9. The second-order valence-electron chi connectivity index (χ2n) is 4.96. The monoisotopic (exact) mass is 213 g/mol. The van der Waals surface area contributed by atoms with Crippen LogP contribution < -0.4 is 0 Å². The molecule has 1 aliphatic carbocycles. The molecule has 0 aliphatic heterocycles. The smallest absolute Gasteiger partial charge is 0.169 e. The lowest BCUT2D eigenvalue weighted by molar-refractivity contribution is 0.0818. The van der Waals surface area contributed by atoms with Crippen LogP contribution in [0.1, 0.15) is 36.2 Å². The van der Waals surface area contributed by atoms with Crippen LogP contribution in [0, 0.1) is 22.7 Å². The summed E-state index contributed by atoms with van der Waals surface area (Å²) in [5.74, 6) is 0.133. The molecule has 2 unspecified atom stereocenters. The van der Waals surface area contributed by atoms with Crippen molar-refractivity contribution in [1.82, 2.24) is 0 Å². The number of carbonyl (C=O) groups is 1. The van der Waals surface area contributed by atoms with Crippen LogP contribution in [0.2, 0.25) is 0 Å². The van der Waals surface area contributed by atoms with Crippen LogP contribution in [0.5, 0.6) is 0 Å². The third-order valence-electron chi connectivity index (χ3n) is 3.37. The molecule has 2 heteroatoms. The largest absolute Gasteiger partial charge is 0.294 e. The molecule has 1 aliphatic rings. The average Bonchev–Trinajstić information content (AvgIpc) is 2.52. The van der Waals surface area contributed by atoms with Crippen molar-refractivity contribution < 1.29 is 4.79 Å². The predicted molar refractivity (Wildman–Crippen MR) is 62.0 cm³/mol. The Hall–Kier alpha value is -1.62. The summed E-state index contributed by atoms with van der Waals surface area (Å²) in [4.78, 5) is 12.3. The highest BCUT2D eigenvalue weighted by Gasteiger charge is 2.41. The highest BCUT2D eigenvalue weighted by molar-refractivity contribution is 6.04. The highest BCUT2D eigenvalue weighted by atomic mass is 16.1. The summed E-state index contributed by atoms with van der Waals surface area (Å²) in [6, 6.07) is 9.97. The Morgan fingerprint density at radius 1 is 1.50 bits per heavy atom. The summed E-state index contributed by atoms with van der Waals surface area (Å²) >= 11 is 0. The maximum absolute atomic E-state index is 12.3. The number of hydrogen-bond acceptors (Lipinski definition) is 2. The molecule has 0 heterocycles. The van der Waals surface area contributed by atoms with Crippen LogP contribution in [-0.4, -0.2) is 5.78 Å². The molecule has 0 fully saturated rings. The summed E-state index contributed by atoms with van der Waals surface area (Å²) in [6.07, 6.45) is 1.42. The van der Waals surface area contributed by atoms with Gasteiger partial charge >= 0.3 is 0 Å². The molecule has 82 valence electrons. The van der Waals surface area contributed by atoms with E-state index >= 15 is 0 Å². The van der Waals surface area contributed by atoms with Gasteiger partial charge in [0.05, 0.1) is 6.07 Å². The molecule has 0 radical (unpaired) electrons. The van der Waals surface area contributed by atoms with Gasteiger partial charge in [0.2, 0.25) is 0 Å². The van der Waals surface area contributed by atoms with Gasteiger partial charge in [-0.05, 0) is 25.3 Å². The van der Waals surface area contributed by atoms with Gasteiger partial charge in [0, 0.05) is 16.9 Å². The van der Waals surface area contributed by atoms with E-state index in [2.05, 4.69) is 6.07 Å². The number of nitrogens with zero attached hydrogens (tertiary/aromatic N) is 1. The van der Waals surface area contributed by atoms with Crippen LogP contribution in [-0.2, 0) is 6.42 Å². The number of rotatable bonds is 2. The average molecular weight is 213 g/mol. The number of ketones is 1. The van der Waals surface area contributed by atoms with E-state index in [1.54, 1.807) is 0 Å². The third-order valence-corrected chi connectivity index (χ3v) is 3.37. The van der Waals surface area contributed by atoms with E-state index in [-0.39, 0.29) is 17.1 Å². The molecule has 1 aromatic rings. The Kier molecular flexibility index (Phi) is 2.55. The van der Waals surface area contributed by atoms with Crippen molar-refractivity contribution >= 4 is 5.78 Å². The van der Waals surface area contributed by atoms with Crippen molar-refractivity contribution in [2.24, 2.45) is 11.3 Å². The van der Waals surface area contributed by atoms with E-state index in [1.807, 2.05) is 38.1 Å². The standard InChI is InChI=1S/C14H15NO/c1-10(9-15)7-14(2)8-11-5-3-4-6-12(11)13(14)16/h3-6,10H,7-8H2,1-2H3. The number of carbonyl (C=O) groups excluding carboxylic acids is 1. The molecule has 2 rings (SSSR count). The molecular formula is C14H15NO. The Morgan fingerprint density at radius 3 is 2.81 bits per heavy atom. The van der Waals surface area contributed by atoms with E-state index in [9.17, 15) is 4.79 Å². The van der Waals surface area contributed by atoms with Crippen molar-refractivity contribution in [2.45, 2.75) is 26.7 Å². The van der Waals surface area contributed by atoms with Crippen LogP contribution in [0.15, 0.2) is 24.3 Å². The molecule has 0 spiro atoms. The van der Waals surface area contributed by atoms with Gasteiger partial charge in [0.25, 0.3) is 0 Å². The SMILES string of the molecule is CC(C#N)CC1(C)Cc2ccccc2C1=O. The fourth-order valence-corrected chi connectivity index (χ4v) is 2.61. The van der Waals surface area contributed by atoms with E-state index in [1.165, 1.54) is 0 Å². The first-order chi connectivity index (χ1) is 7.57. The molecule has 0 saturated heterocycles. The predicted octanol–water partition coefficient (Wildman–Crippen LogP) is 2.98. The van der Waals surface area contributed by atoms with Gasteiger partial charge in [0.15, 0.2) is 5.78 Å². The summed E-state index contributed by atoms with van der Waals surface area (Å²) in [5.41, 5.74) is 1.59. The molecule has 1 aromatic carbocycles. The van der Waals surface area contributed by atoms with Gasteiger partial charge in [0.1, 0.15) is 0 Å². The van der Waals surface area contributed by atoms with Crippen LogP contribution in [0.3, 0.4) is 0 Å². The Bertz CT molecular complexity index is 472. The number of Topliss-reactive ketones (excluding diaryl/α,β-unsaturated/α-hetero) is 1. The summed E-state index contributed by atoms with van der Waals surface area (Å²) in [5, 5.41) is 8.85. The van der Waals surface area contributed by atoms with E-state index in [0.29, 0.717) is 6.42 Å². The van der Waals surface area contributed by atoms with E-state index < -0.39 is 0 Å². The normalized spacial score (nSPS) is 24.9. The molecular weight excluding hydrogens is 198 g/mol. The second kappa shape index (κ2) is 3.75. The molecule has 0 bridgehead atoms. The van der Waals surface area contributed by atoms with Gasteiger partial charge in [-0.1, -0.05) is 31.2 Å². The lowest BCUT2D eigenvalue weighted by Gasteiger charge is -2.22. The molecule has 0 aromatic heterocycles. The Labute approximate surface area is 95.9 Å². The Balaban J connectivity index is 2.30. The van der Waals surface area contributed by atoms with Crippen molar-refractivity contribution in [3.05, 3.63) is 35.4 Å². The zero-order valence-electron chi connectivity index (χ0n) is 9.66. The van der Waals surface area contributed by atoms with Crippen molar-refractivity contribution in [2.75, 3.05) is 0 Å². The van der Waals surface area contributed by atoms with Gasteiger partial charge in [-0.15, -0.1) is 0 Å². The fraction of sp³-hybridized carbons (Fsp3) is 0.429. The number of nitriles is 1. The first-order valence-corrected chi connectivity index (χ1v) is 5.59. The zero-order valence-corrected chi connectivity index (χ0v) is 9.66. The summed E-state index contributed by atoms with van der Waals surface area (Å²) in [6.45, 7) is 3.85. The van der Waals surface area contributed by atoms with Gasteiger partial charge in [-0.3, -0.25) is 4.79 Å². The lowest BCUT2D eigenvalue weighted by Crippen LogP contribution is -2.26. The van der Waals surface area contributed by atoms with Crippen LogP contribution >= 0.6 is 0 Å². The van der Waals surface area contributed by atoms with E-state index in [4.69, 9.17) is 5.26 Å². The van der Waals surface area contributed by atoms with Crippen molar-refractivity contribution in [3.8, 4) is 6.07 Å². The molecule has 0 amide bonds. The maximum atomic E-state index is 12.3. The first-order valence-electron chi connectivity index (χ1n) is 5.59. The molecule has 0 saturated carbocycles. The minimum Gasteiger partial charge on any atom is -0.294 e. The van der Waals surface area contributed by atoms with Crippen LogP contribution in [0.25, 0.3) is 0 Å². The number of benzene rings is 1. The third kappa shape index (κ3) is 1.63. The van der Waals surface area contributed by atoms with Gasteiger partial charge < -0.3 is 0 Å². The van der Waals surface area contributed by atoms with Gasteiger partial charge in [-0.25, -0.2) is 0 Å². The van der Waals surface area contributed by atoms with Crippen LogP contribution in [0.4, 0.5) is 0 Å². The van der Waals surface area contributed by atoms with Gasteiger partial charge in [-0.2, -0.15) is 5.26 Å². The number of hydrogen-bond donors (Lipinski definition) is 0. The summed E-state index contributed by atoms with van der Waals surface area (Å²) < 4.78 is 0. The molecule has 2 nitrogen and oxygen atoms in total. The summed E-state index contributed by atoms with van der Waals surface area (Å²) in [7, 11) is 0. The van der Waals surface area contributed by atoms with Crippen molar-refractivity contribution in [1.29, 1.82) is 5.26 Å².